The zero-order valence-corrected chi connectivity index (χ0v) is 13.4. The molecule has 2 aromatic carbocycles. The van der Waals surface area contributed by atoms with Crippen LogP contribution in [-0.2, 0) is 16.1 Å². The molecule has 3 aromatic rings. The van der Waals surface area contributed by atoms with E-state index >= 15 is 0 Å². The molecule has 0 bridgehead atoms. The van der Waals surface area contributed by atoms with Crippen molar-refractivity contribution in [1.29, 1.82) is 0 Å². The molecule has 0 saturated heterocycles. The highest BCUT2D eigenvalue weighted by Gasteiger charge is 2.10. The molecule has 1 aromatic heterocycles. The van der Waals surface area contributed by atoms with Gasteiger partial charge in [-0.25, -0.2) is 4.79 Å². The molecular weight excluding hydrogens is 330 g/mol. The van der Waals surface area contributed by atoms with Crippen LogP contribution in [0.1, 0.15) is 5.69 Å². The third kappa shape index (κ3) is 4.14. The number of ether oxygens (including phenoxy) is 2. The summed E-state index contributed by atoms with van der Waals surface area (Å²) in [5.74, 6) is 0.539. The number of aromatic nitrogens is 1. The molecular formula is C18H14ClNO4. The molecule has 6 heteroatoms. The summed E-state index contributed by atoms with van der Waals surface area (Å²) in [6.45, 7) is -0.214. The Kier molecular flexibility index (Phi) is 5.13. The first-order valence-corrected chi connectivity index (χ1v) is 7.64. The molecule has 122 valence electrons. The summed E-state index contributed by atoms with van der Waals surface area (Å²) in [7, 11) is 0. The number of para-hydroxylation sites is 1. The van der Waals surface area contributed by atoms with Gasteiger partial charge in [0, 0.05) is 11.6 Å². The van der Waals surface area contributed by atoms with Gasteiger partial charge in [0.1, 0.15) is 18.1 Å². The van der Waals surface area contributed by atoms with Crippen molar-refractivity contribution >= 4 is 17.6 Å². The van der Waals surface area contributed by atoms with Gasteiger partial charge < -0.3 is 14.0 Å². The van der Waals surface area contributed by atoms with Crippen molar-refractivity contribution in [1.82, 2.24) is 5.16 Å². The van der Waals surface area contributed by atoms with E-state index in [0.29, 0.717) is 22.2 Å². The fourth-order valence-corrected chi connectivity index (χ4v) is 2.20. The second kappa shape index (κ2) is 7.66. The second-order valence-corrected chi connectivity index (χ2v) is 5.34. The van der Waals surface area contributed by atoms with E-state index < -0.39 is 5.97 Å². The number of benzene rings is 2. The van der Waals surface area contributed by atoms with Gasteiger partial charge in [0.2, 0.25) is 0 Å². The van der Waals surface area contributed by atoms with Crippen molar-refractivity contribution in [3.05, 3.63) is 71.4 Å². The maximum absolute atomic E-state index is 11.7. The van der Waals surface area contributed by atoms with Gasteiger partial charge in [-0.15, -0.1) is 0 Å². The van der Waals surface area contributed by atoms with Crippen molar-refractivity contribution in [3.63, 3.8) is 0 Å². The van der Waals surface area contributed by atoms with Crippen LogP contribution < -0.4 is 4.74 Å². The number of carbonyl (C=O) groups is 1. The Morgan fingerprint density at radius 3 is 2.62 bits per heavy atom. The largest absolute Gasteiger partial charge is 0.480 e. The van der Waals surface area contributed by atoms with E-state index in [1.54, 1.807) is 30.3 Å². The zero-order chi connectivity index (χ0) is 16.8. The molecule has 1 heterocycles. The number of halogens is 1. The van der Waals surface area contributed by atoms with Gasteiger partial charge >= 0.3 is 5.97 Å². The predicted molar refractivity (Wildman–Crippen MR) is 88.7 cm³/mol. The lowest BCUT2D eigenvalue weighted by molar-refractivity contribution is -0.147. The molecule has 0 spiro atoms. The lowest BCUT2D eigenvalue weighted by Gasteiger charge is -2.07. The lowest BCUT2D eigenvalue weighted by Crippen LogP contribution is -2.15. The van der Waals surface area contributed by atoms with Crippen LogP contribution in [0.25, 0.3) is 11.3 Å². The van der Waals surface area contributed by atoms with E-state index in [-0.39, 0.29) is 13.2 Å². The Hall–Kier alpha value is -2.79. The van der Waals surface area contributed by atoms with E-state index in [1.807, 2.05) is 30.3 Å². The second-order valence-electron chi connectivity index (χ2n) is 4.93. The average molecular weight is 344 g/mol. The summed E-state index contributed by atoms with van der Waals surface area (Å²) in [6, 6.07) is 18.2. The van der Waals surface area contributed by atoms with Crippen LogP contribution >= 0.6 is 11.6 Å². The standard InChI is InChI=1S/C18H14ClNO4/c19-15-8-4-5-9-16(15)22-12-18(21)23-11-14-10-17(24-20-14)13-6-2-1-3-7-13/h1-10H,11-12H2. The number of carbonyl (C=O) groups excluding carboxylic acids is 1. The first-order chi connectivity index (χ1) is 11.7. The summed E-state index contributed by atoms with van der Waals surface area (Å²) in [6.07, 6.45) is 0. The molecule has 0 atom stereocenters. The van der Waals surface area contributed by atoms with Crippen LogP contribution in [0.3, 0.4) is 0 Å². The fraction of sp³-hybridized carbons (Fsp3) is 0.111. The third-order valence-corrected chi connectivity index (χ3v) is 3.49. The van der Waals surface area contributed by atoms with Crippen LogP contribution in [0.5, 0.6) is 5.75 Å². The molecule has 0 amide bonds. The van der Waals surface area contributed by atoms with Crippen LogP contribution in [-0.4, -0.2) is 17.7 Å². The highest BCUT2D eigenvalue weighted by molar-refractivity contribution is 6.32. The van der Waals surface area contributed by atoms with Gasteiger partial charge in [0.15, 0.2) is 12.4 Å². The van der Waals surface area contributed by atoms with Crippen LogP contribution in [0.15, 0.2) is 65.2 Å². The smallest absolute Gasteiger partial charge is 0.344 e. The first kappa shape index (κ1) is 16.1. The molecule has 0 aliphatic rings. The summed E-state index contributed by atoms with van der Waals surface area (Å²) in [4.78, 5) is 11.7. The van der Waals surface area contributed by atoms with Gasteiger partial charge in [-0.3, -0.25) is 0 Å². The summed E-state index contributed by atoms with van der Waals surface area (Å²) < 4.78 is 15.7. The Labute approximate surface area is 143 Å². The molecule has 3 rings (SSSR count). The van der Waals surface area contributed by atoms with Gasteiger partial charge in [-0.1, -0.05) is 59.2 Å². The van der Waals surface area contributed by atoms with Crippen molar-refractivity contribution < 1.29 is 18.8 Å². The summed E-state index contributed by atoms with van der Waals surface area (Å²) in [5.41, 5.74) is 1.43. The van der Waals surface area contributed by atoms with E-state index in [0.717, 1.165) is 5.56 Å². The van der Waals surface area contributed by atoms with Crippen molar-refractivity contribution in [2.75, 3.05) is 6.61 Å². The van der Waals surface area contributed by atoms with Crippen LogP contribution in [0.2, 0.25) is 5.02 Å². The highest BCUT2D eigenvalue weighted by atomic mass is 35.5. The van der Waals surface area contributed by atoms with Gasteiger partial charge in [0.05, 0.1) is 5.02 Å². The molecule has 0 unspecified atom stereocenters. The monoisotopic (exact) mass is 343 g/mol. The lowest BCUT2D eigenvalue weighted by atomic mass is 10.2. The zero-order valence-electron chi connectivity index (χ0n) is 12.6. The normalized spacial score (nSPS) is 10.4. The van der Waals surface area contributed by atoms with Gasteiger partial charge in [0.25, 0.3) is 0 Å². The SMILES string of the molecule is O=C(COc1ccccc1Cl)OCc1cc(-c2ccccc2)on1. The molecule has 0 fully saturated rings. The third-order valence-electron chi connectivity index (χ3n) is 3.18. The molecule has 0 N–H and O–H groups in total. The molecule has 0 saturated carbocycles. The average Bonchev–Trinajstić information content (AvgIpc) is 3.09. The van der Waals surface area contributed by atoms with Crippen molar-refractivity contribution in [2.24, 2.45) is 0 Å². The van der Waals surface area contributed by atoms with Crippen molar-refractivity contribution in [2.45, 2.75) is 6.61 Å². The predicted octanol–water partition coefficient (Wildman–Crippen LogP) is 4.12. The van der Waals surface area contributed by atoms with Gasteiger partial charge in [-0.05, 0) is 12.1 Å². The maximum atomic E-state index is 11.7. The minimum atomic E-state index is -0.515. The molecule has 5 nitrogen and oxygen atoms in total. The molecule has 24 heavy (non-hydrogen) atoms. The minimum Gasteiger partial charge on any atom is -0.480 e. The van der Waals surface area contributed by atoms with Crippen LogP contribution in [0.4, 0.5) is 0 Å². The van der Waals surface area contributed by atoms with E-state index in [4.69, 9.17) is 25.6 Å². The number of hydrogen-bond donors (Lipinski definition) is 0. The topological polar surface area (TPSA) is 61.6 Å². The Balaban J connectivity index is 1.50. The molecule has 0 aliphatic carbocycles. The Morgan fingerprint density at radius 2 is 1.83 bits per heavy atom. The Morgan fingerprint density at radius 1 is 1.08 bits per heavy atom. The number of esters is 1. The minimum absolute atomic E-state index is 0.0149. The summed E-state index contributed by atoms with van der Waals surface area (Å²) in [5, 5.41) is 4.32. The number of rotatable bonds is 6. The first-order valence-electron chi connectivity index (χ1n) is 7.26. The quantitative estimate of drug-likeness (QED) is 0.630. The van der Waals surface area contributed by atoms with Crippen LogP contribution in [0, 0.1) is 0 Å². The highest BCUT2D eigenvalue weighted by Crippen LogP contribution is 2.23. The molecule has 0 aliphatic heterocycles. The fourth-order valence-electron chi connectivity index (χ4n) is 2.01. The summed E-state index contributed by atoms with van der Waals surface area (Å²) >= 11 is 5.94. The van der Waals surface area contributed by atoms with E-state index in [2.05, 4.69) is 5.16 Å². The van der Waals surface area contributed by atoms with E-state index in [1.165, 1.54) is 0 Å². The Bertz CT molecular complexity index is 817. The maximum Gasteiger partial charge on any atom is 0.344 e. The molecule has 0 radical (unpaired) electrons. The van der Waals surface area contributed by atoms with Gasteiger partial charge in [-0.2, -0.15) is 0 Å². The number of hydrogen-bond acceptors (Lipinski definition) is 5. The number of nitrogens with zero attached hydrogens (tertiary/aromatic N) is 1. The van der Waals surface area contributed by atoms with E-state index in [9.17, 15) is 4.79 Å². The van der Waals surface area contributed by atoms with Crippen molar-refractivity contribution in [3.8, 4) is 17.1 Å².